The zero-order chi connectivity index (χ0) is 13.8. The van der Waals surface area contributed by atoms with Crippen LogP contribution < -0.4 is 5.32 Å². The third-order valence-corrected chi connectivity index (χ3v) is 3.45. The Labute approximate surface area is 108 Å². The third kappa shape index (κ3) is 4.18. The van der Waals surface area contributed by atoms with Crippen molar-refractivity contribution >= 4 is 12.0 Å². The van der Waals surface area contributed by atoms with Crippen LogP contribution in [0.3, 0.4) is 0 Å². The SMILES string of the molecule is CN1CCN(C(=O)NCCCC(=O)O)CC1(C)C. The first-order valence-electron chi connectivity index (χ1n) is 6.29. The van der Waals surface area contributed by atoms with Crippen molar-refractivity contribution in [1.29, 1.82) is 0 Å². The first-order chi connectivity index (χ1) is 8.33. The minimum atomic E-state index is -0.829. The maximum absolute atomic E-state index is 11.9. The Morgan fingerprint density at radius 3 is 2.56 bits per heavy atom. The Bertz CT molecular complexity index is 318. The van der Waals surface area contributed by atoms with Gasteiger partial charge in [-0.25, -0.2) is 4.79 Å². The second-order valence-electron chi connectivity index (χ2n) is 5.38. The van der Waals surface area contributed by atoms with E-state index in [2.05, 4.69) is 31.1 Å². The fraction of sp³-hybridized carbons (Fsp3) is 0.833. The number of amides is 2. The van der Waals surface area contributed by atoms with E-state index < -0.39 is 5.97 Å². The molecule has 0 saturated carbocycles. The summed E-state index contributed by atoms with van der Waals surface area (Å²) in [7, 11) is 2.06. The summed E-state index contributed by atoms with van der Waals surface area (Å²) in [5.41, 5.74) is -0.0172. The lowest BCUT2D eigenvalue weighted by Crippen LogP contribution is -2.60. The molecule has 6 heteroatoms. The molecule has 2 N–H and O–H groups in total. The minimum absolute atomic E-state index is 0.0172. The first-order valence-corrected chi connectivity index (χ1v) is 6.29. The summed E-state index contributed by atoms with van der Waals surface area (Å²) in [6.07, 6.45) is 0.562. The quantitative estimate of drug-likeness (QED) is 0.723. The number of urea groups is 1. The van der Waals surface area contributed by atoms with E-state index in [-0.39, 0.29) is 18.0 Å². The first kappa shape index (κ1) is 14.8. The van der Waals surface area contributed by atoms with Crippen LogP contribution in [0, 0.1) is 0 Å². The number of aliphatic carboxylic acids is 1. The number of hydrogen-bond donors (Lipinski definition) is 2. The van der Waals surface area contributed by atoms with Crippen molar-refractivity contribution in [3.05, 3.63) is 0 Å². The van der Waals surface area contributed by atoms with Gasteiger partial charge in [0.25, 0.3) is 0 Å². The van der Waals surface area contributed by atoms with Gasteiger partial charge in [-0.3, -0.25) is 9.69 Å². The van der Waals surface area contributed by atoms with Crippen molar-refractivity contribution in [3.63, 3.8) is 0 Å². The van der Waals surface area contributed by atoms with E-state index in [1.54, 1.807) is 4.90 Å². The second kappa shape index (κ2) is 6.04. The van der Waals surface area contributed by atoms with Gasteiger partial charge in [-0.15, -0.1) is 0 Å². The van der Waals surface area contributed by atoms with Crippen LogP contribution in [0.25, 0.3) is 0 Å². The van der Waals surface area contributed by atoms with Gasteiger partial charge in [0, 0.05) is 38.1 Å². The van der Waals surface area contributed by atoms with Crippen molar-refractivity contribution in [2.45, 2.75) is 32.2 Å². The Morgan fingerprint density at radius 2 is 2.00 bits per heavy atom. The average molecular weight is 257 g/mol. The second-order valence-corrected chi connectivity index (χ2v) is 5.38. The molecule has 0 spiro atoms. The molecule has 1 saturated heterocycles. The molecule has 0 aliphatic carbocycles. The summed E-state index contributed by atoms with van der Waals surface area (Å²) in [4.78, 5) is 26.3. The van der Waals surface area contributed by atoms with Gasteiger partial charge in [0.15, 0.2) is 0 Å². The standard InChI is InChI=1S/C12H23N3O3/c1-12(2)9-15(8-7-14(12)3)11(18)13-6-4-5-10(16)17/h4-9H2,1-3H3,(H,13,18)(H,16,17). The van der Waals surface area contributed by atoms with E-state index in [1.165, 1.54) is 0 Å². The maximum atomic E-state index is 11.9. The molecular formula is C12H23N3O3. The van der Waals surface area contributed by atoms with Crippen molar-refractivity contribution in [1.82, 2.24) is 15.1 Å². The normalized spacial score (nSPS) is 19.6. The molecule has 0 aromatic heterocycles. The monoisotopic (exact) mass is 257 g/mol. The predicted molar refractivity (Wildman–Crippen MR) is 68.6 cm³/mol. The fourth-order valence-corrected chi connectivity index (χ4v) is 1.96. The molecule has 1 aliphatic heterocycles. The average Bonchev–Trinajstić information content (AvgIpc) is 2.27. The zero-order valence-corrected chi connectivity index (χ0v) is 11.4. The van der Waals surface area contributed by atoms with Crippen LogP contribution >= 0.6 is 0 Å². The molecule has 0 unspecified atom stereocenters. The van der Waals surface area contributed by atoms with Crippen LogP contribution in [0.15, 0.2) is 0 Å². The predicted octanol–water partition coefficient (Wildman–Crippen LogP) is 0.587. The van der Waals surface area contributed by atoms with Gasteiger partial charge in [-0.1, -0.05) is 0 Å². The highest BCUT2D eigenvalue weighted by Crippen LogP contribution is 2.18. The highest BCUT2D eigenvalue weighted by Gasteiger charge is 2.32. The smallest absolute Gasteiger partial charge is 0.317 e. The number of carboxylic acids is 1. The Kier molecular flexibility index (Phi) is 4.95. The summed E-state index contributed by atoms with van der Waals surface area (Å²) in [6.45, 7) is 6.89. The van der Waals surface area contributed by atoms with Crippen LogP contribution in [0.1, 0.15) is 26.7 Å². The summed E-state index contributed by atoms with van der Waals surface area (Å²) in [6, 6.07) is -0.0958. The lowest BCUT2D eigenvalue weighted by atomic mass is 10.0. The Morgan fingerprint density at radius 1 is 1.33 bits per heavy atom. The topological polar surface area (TPSA) is 72.9 Å². The van der Waals surface area contributed by atoms with Crippen LogP contribution in [0.4, 0.5) is 4.79 Å². The van der Waals surface area contributed by atoms with Crippen molar-refractivity contribution in [2.24, 2.45) is 0 Å². The lowest BCUT2D eigenvalue weighted by Gasteiger charge is -2.45. The highest BCUT2D eigenvalue weighted by atomic mass is 16.4. The highest BCUT2D eigenvalue weighted by molar-refractivity contribution is 5.74. The zero-order valence-electron chi connectivity index (χ0n) is 11.4. The number of carbonyl (C=O) groups is 2. The largest absolute Gasteiger partial charge is 0.481 e. The fourth-order valence-electron chi connectivity index (χ4n) is 1.96. The lowest BCUT2D eigenvalue weighted by molar-refractivity contribution is -0.137. The van der Waals surface area contributed by atoms with Crippen LogP contribution in [0.5, 0.6) is 0 Å². The molecule has 0 radical (unpaired) electrons. The van der Waals surface area contributed by atoms with E-state index in [9.17, 15) is 9.59 Å². The van der Waals surface area contributed by atoms with Crippen LogP contribution in [-0.2, 0) is 4.79 Å². The molecular weight excluding hydrogens is 234 g/mol. The van der Waals surface area contributed by atoms with Gasteiger partial charge >= 0.3 is 12.0 Å². The van der Waals surface area contributed by atoms with E-state index in [0.29, 0.717) is 26.1 Å². The van der Waals surface area contributed by atoms with Crippen molar-refractivity contribution < 1.29 is 14.7 Å². The summed E-state index contributed by atoms with van der Waals surface area (Å²) in [5.74, 6) is -0.829. The molecule has 0 atom stereocenters. The molecule has 1 rings (SSSR count). The van der Waals surface area contributed by atoms with E-state index >= 15 is 0 Å². The summed E-state index contributed by atoms with van der Waals surface area (Å²) >= 11 is 0. The van der Waals surface area contributed by atoms with Gasteiger partial charge in [0.05, 0.1) is 0 Å². The number of carbonyl (C=O) groups excluding carboxylic acids is 1. The van der Waals surface area contributed by atoms with Gasteiger partial charge in [-0.2, -0.15) is 0 Å². The number of likely N-dealkylation sites (N-methyl/N-ethyl adjacent to an activating group) is 1. The van der Waals surface area contributed by atoms with Gasteiger partial charge in [0.2, 0.25) is 0 Å². The Balaban J connectivity index is 2.32. The van der Waals surface area contributed by atoms with E-state index in [0.717, 1.165) is 6.54 Å². The molecule has 1 heterocycles. The molecule has 6 nitrogen and oxygen atoms in total. The van der Waals surface area contributed by atoms with Crippen LogP contribution in [0.2, 0.25) is 0 Å². The van der Waals surface area contributed by atoms with Crippen molar-refractivity contribution in [3.8, 4) is 0 Å². The van der Waals surface area contributed by atoms with Gasteiger partial charge in [0.1, 0.15) is 0 Å². The molecule has 2 amide bonds. The third-order valence-electron chi connectivity index (χ3n) is 3.45. The molecule has 104 valence electrons. The van der Waals surface area contributed by atoms with Crippen LogP contribution in [-0.4, -0.2) is 65.7 Å². The summed E-state index contributed by atoms with van der Waals surface area (Å²) < 4.78 is 0. The number of rotatable bonds is 4. The Hall–Kier alpha value is -1.30. The number of nitrogens with one attached hydrogen (secondary N) is 1. The molecule has 0 aromatic rings. The molecule has 18 heavy (non-hydrogen) atoms. The number of piperazine rings is 1. The number of hydrogen-bond acceptors (Lipinski definition) is 3. The van der Waals surface area contributed by atoms with Crippen molar-refractivity contribution in [2.75, 3.05) is 33.2 Å². The van der Waals surface area contributed by atoms with Gasteiger partial charge in [-0.05, 0) is 27.3 Å². The summed E-state index contributed by atoms with van der Waals surface area (Å²) in [5, 5.41) is 11.3. The molecule has 0 bridgehead atoms. The molecule has 0 aromatic carbocycles. The maximum Gasteiger partial charge on any atom is 0.317 e. The van der Waals surface area contributed by atoms with E-state index in [1.807, 2.05) is 0 Å². The number of carboxylic acid groups (broad SMARTS) is 1. The van der Waals surface area contributed by atoms with E-state index in [4.69, 9.17) is 5.11 Å². The molecule has 1 aliphatic rings. The molecule has 1 fully saturated rings. The number of nitrogens with zero attached hydrogens (tertiary/aromatic N) is 2. The minimum Gasteiger partial charge on any atom is -0.481 e. The van der Waals surface area contributed by atoms with Gasteiger partial charge < -0.3 is 15.3 Å².